The molecule has 1 rings (SSSR count). The molecule has 0 saturated heterocycles. The lowest BCUT2D eigenvalue weighted by Crippen LogP contribution is -2.33. The van der Waals surface area contributed by atoms with Gasteiger partial charge < -0.3 is 10.1 Å². The van der Waals surface area contributed by atoms with E-state index in [4.69, 9.17) is 16.3 Å². The van der Waals surface area contributed by atoms with Gasteiger partial charge in [0.15, 0.2) is 0 Å². The van der Waals surface area contributed by atoms with Crippen molar-refractivity contribution in [1.29, 1.82) is 0 Å². The zero-order valence-corrected chi connectivity index (χ0v) is 12.5. The van der Waals surface area contributed by atoms with E-state index in [0.717, 1.165) is 12.8 Å². The number of hydrogen-bond acceptors (Lipinski definition) is 2. The third kappa shape index (κ3) is 4.75. The Kier molecular flexibility index (Phi) is 6.71. The Morgan fingerprint density at radius 3 is 2.63 bits per heavy atom. The zero-order chi connectivity index (χ0) is 14.3. The van der Waals surface area contributed by atoms with Gasteiger partial charge in [0.05, 0.1) is 12.5 Å². The van der Waals surface area contributed by atoms with Crippen LogP contribution in [0.15, 0.2) is 24.3 Å². The highest BCUT2D eigenvalue weighted by atomic mass is 35.5. The SMILES string of the molecule is CCC(CC)C(Cl)CNC(=O)c1cccc(OC)c1. The van der Waals surface area contributed by atoms with Gasteiger partial charge in [-0.15, -0.1) is 11.6 Å². The number of benzene rings is 1. The summed E-state index contributed by atoms with van der Waals surface area (Å²) in [6.07, 6.45) is 2.05. The molecule has 0 bridgehead atoms. The van der Waals surface area contributed by atoms with Gasteiger partial charge in [0.1, 0.15) is 5.75 Å². The van der Waals surface area contributed by atoms with E-state index in [1.54, 1.807) is 25.3 Å². The molecule has 3 nitrogen and oxygen atoms in total. The molecule has 19 heavy (non-hydrogen) atoms. The minimum absolute atomic E-state index is 0.0236. The van der Waals surface area contributed by atoms with Crippen LogP contribution in [0.3, 0.4) is 0 Å². The summed E-state index contributed by atoms with van der Waals surface area (Å²) in [6, 6.07) is 7.09. The van der Waals surface area contributed by atoms with Gasteiger partial charge in [0.25, 0.3) is 5.91 Å². The molecule has 0 radical (unpaired) electrons. The van der Waals surface area contributed by atoms with E-state index < -0.39 is 0 Å². The maximum absolute atomic E-state index is 12.0. The van der Waals surface area contributed by atoms with Crippen molar-refractivity contribution < 1.29 is 9.53 Å². The van der Waals surface area contributed by atoms with Crippen LogP contribution in [-0.4, -0.2) is 24.9 Å². The van der Waals surface area contributed by atoms with Gasteiger partial charge in [-0.2, -0.15) is 0 Å². The Labute approximate surface area is 120 Å². The Hall–Kier alpha value is -1.22. The number of alkyl halides is 1. The van der Waals surface area contributed by atoms with Crippen molar-refractivity contribution in [3.63, 3.8) is 0 Å². The first-order valence-corrected chi connectivity index (χ1v) is 7.12. The van der Waals surface area contributed by atoms with Crippen molar-refractivity contribution in [1.82, 2.24) is 5.32 Å². The summed E-state index contributed by atoms with van der Waals surface area (Å²) in [5.41, 5.74) is 0.591. The molecule has 1 amide bonds. The molecule has 0 aromatic heterocycles. The Morgan fingerprint density at radius 2 is 2.05 bits per heavy atom. The van der Waals surface area contributed by atoms with Crippen LogP contribution in [-0.2, 0) is 0 Å². The van der Waals surface area contributed by atoms with Crippen molar-refractivity contribution in [3.05, 3.63) is 29.8 Å². The molecule has 1 unspecified atom stereocenters. The van der Waals surface area contributed by atoms with Gasteiger partial charge in [-0.1, -0.05) is 32.8 Å². The minimum Gasteiger partial charge on any atom is -0.497 e. The Balaban J connectivity index is 2.55. The fourth-order valence-electron chi connectivity index (χ4n) is 2.02. The molecular formula is C15H22ClNO2. The van der Waals surface area contributed by atoms with Gasteiger partial charge in [0, 0.05) is 12.1 Å². The number of carbonyl (C=O) groups is 1. The third-order valence-electron chi connectivity index (χ3n) is 3.35. The predicted octanol–water partition coefficient (Wildman–Crippen LogP) is 3.47. The molecule has 0 aliphatic carbocycles. The fraction of sp³-hybridized carbons (Fsp3) is 0.533. The van der Waals surface area contributed by atoms with Crippen LogP contribution < -0.4 is 10.1 Å². The normalized spacial score (nSPS) is 12.3. The molecule has 0 saturated carbocycles. The lowest BCUT2D eigenvalue weighted by molar-refractivity contribution is 0.0951. The number of methoxy groups -OCH3 is 1. The van der Waals surface area contributed by atoms with Crippen molar-refractivity contribution in [2.24, 2.45) is 5.92 Å². The Bertz CT molecular complexity index is 405. The van der Waals surface area contributed by atoms with E-state index in [1.165, 1.54) is 0 Å². The molecular weight excluding hydrogens is 262 g/mol. The molecule has 1 aromatic carbocycles. The van der Waals surface area contributed by atoms with E-state index in [-0.39, 0.29) is 11.3 Å². The van der Waals surface area contributed by atoms with Crippen molar-refractivity contribution in [2.45, 2.75) is 32.1 Å². The standard InChI is InChI=1S/C15H22ClNO2/c1-4-11(5-2)14(16)10-17-15(18)12-7-6-8-13(9-12)19-3/h6-9,11,14H,4-5,10H2,1-3H3,(H,17,18). The number of carbonyl (C=O) groups excluding carboxylic acids is 1. The van der Waals surface area contributed by atoms with Crippen LogP contribution >= 0.6 is 11.6 Å². The van der Waals surface area contributed by atoms with E-state index in [0.29, 0.717) is 23.8 Å². The summed E-state index contributed by atoms with van der Waals surface area (Å²) in [5, 5.41) is 2.85. The molecule has 4 heteroatoms. The quantitative estimate of drug-likeness (QED) is 0.778. The van der Waals surface area contributed by atoms with Gasteiger partial charge in [-0.25, -0.2) is 0 Å². The van der Waals surface area contributed by atoms with Gasteiger partial charge in [-0.05, 0) is 24.1 Å². The summed E-state index contributed by atoms with van der Waals surface area (Å²) in [7, 11) is 1.58. The molecule has 1 atom stereocenters. The molecule has 0 spiro atoms. The first kappa shape index (κ1) is 15.8. The lowest BCUT2D eigenvalue weighted by atomic mass is 9.99. The number of nitrogens with one attached hydrogen (secondary N) is 1. The number of rotatable bonds is 7. The first-order chi connectivity index (χ1) is 9.12. The van der Waals surface area contributed by atoms with Crippen LogP contribution in [0.5, 0.6) is 5.75 Å². The predicted molar refractivity (Wildman–Crippen MR) is 79.0 cm³/mol. The second-order valence-corrected chi connectivity index (χ2v) is 5.10. The van der Waals surface area contributed by atoms with Crippen molar-refractivity contribution in [2.75, 3.05) is 13.7 Å². The number of halogens is 1. The summed E-state index contributed by atoms with van der Waals surface area (Å²) in [5.74, 6) is 0.998. The molecule has 1 N–H and O–H groups in total. The highest BCUT2D eigenvalue weighted by Crippen LogP contribution is 2.18. The maximum atomic E-state index is 12.0. The molecule has 0 aliphatic rings. The first-order valence-electron chi connectivity index (χ1n) is 6.68. The van der Waals surface area contributed by atoms with Crippen LogP contribution in [0.1, 0.15) is 37.0 Å². The second kappa shape index (κ2) is 8.05. The second-order valence-electron chi connectivity index (χ2n) is 4.53. The minimum atomic E-state index is -0.115. The van der Waals surface area contributed by atoms with Crippen LogP contribution in [0.4, 0.5) is 0 Å². The molecule has 0 heterocycles. The van der Waals surface area contributed by atoms with E-state index in [2.05, 4.69) is 19.2 Å². The largest absolute Gasteiger partial charge is 0.497 e. The summed E-state index contributed by atoms with van der Waals surface area (Å²) in [6.45, 7) is 4.73. The number of amides is 1. The zero-order valence-electron chi connectivity index (χ0n) is 11.8. The molecule has 1 aromatic rings. The monoisotopic (exact) mass is 283 g/mol. The number of hydrogen-bond donors (Lipinski definition) is 1. The number of ether oxygens (including phenoxy) is 1. The van der Waals surface area contributed by atoms with Crippen LogP contribution in [0.2, 0.25) is 0 Å². The fourth-order valence-corrected chi connectivity index (χ4v) is 2.46. The van der Waals surface area contributed by atoms with Crippen molar-refractivity contribution >= 4 is 17.5 Å². The average Bonchev–Trinajstić information content (AvgIpc) is 2.46. The van der Waals surface area contributed by atoms with Crippen LogP contribution in [0.25, 0.3) is 0 Å². The molecule has 106 valence electrons. The van der Waals surface area contributed by atoms with Gasteiger partial charge in [-0.3, -0.25) is 4.79 Å². The smallest absolute Gasteiger partial charge is 0.251 e. The molecule has 0 aliphatic heterocycles. The highest BCUT2D eigenvalue weighted by molar-refractivity contribution is 6.21. The third-order valence-corrected chi connectivity index (χ3v) is 3.86. The maximum Gasteiger partial charge on any atom is 0.251 e. The lowest BCUT2D eigenvalue weighted by Gasteiger charge is -2.19. The molecule has 0 fully saturated rings. The van der Waals surface area contributed by atoms with Gasteiger partial charge in [0.2, 0.25) is 0 Å². The van der Waals surface area contributed by atoms with E-state index in [1.807, 2.05) is 6.07 Å². The average molecular weight is 284 g/mol. The van der Waals surface area contributed by atoms with E-state index >= 15 is 0 Å². The van der Waals surface area contributed by atoms with Gasteiger partial charge >= 0.3 is 0 Å². The Morgan fingerprint density at radius 1 is 1.37 bits per heavy atom. The van der Waals surface area contributed by atoms with Crippen molar-refractivity contribution in [3.8, 4) is 5.75 Å². The highest BCUT2D eigenvalue weighted by Gasteiger charge is 2.17. The summed E-state index contributed by atoms with van der Waals surface area (Å²) < 4.78 is 5.10. The summed E-state index contributed by atoms with van der Waals surface area (Å²) >= 11 is 6.30. The summed E-state index contributed by atoms with van der Waals surface area (Å²) in [4.78, 5) is 12.0. The topological polar surface area (TPSA) is 38.3 Å². The van der Waals surface area contributed by atoms with Crippen LogP contribution in [0, 0.1) is 5.92 Å². The van der Waals surface area contributed by atoms with E-state index in [9.17, 15) is 4.79 Å².